The minimum atomic E-state index is -0.423. The zero-order valence-corrected chi connectivity index (χ0v) is 12.3. The summed E-state index contributed by atoms with van der Waals surface area (Å²) in [6, 6.07) is 14.7. The Hall–Kier alpha value is -2.33. The number of carbonyl (C=O) groups is 1. The number of carbonyl (C=O) groups excluding carboxylic acids is 1. The van der Waals surface area contributed by atoms with E-state index < -0.39 is 5.97 Å². The smallest absolute Gasteiger partial charge is 0.339 e. The van der Waals surface area contributed by atoms with Gasteiger partial charge in [0, 0.05) is 0 Å². The highest BCUT2D eigenvalue weighted by molar-refractivity contribution is 6.33. The first-order valence-electron chi connectivity index (χ1n) is 6.51. The van der Waals surface area contributed by atoms with Gasteiger partial charge in [-0.25, -0.2) is 4.79 Å². The van der Waals surface area contributed by atoms with Crippen molar-refractivity contribution in [2.75, 3.05) is 12.0 Å². The minimum Gasteiger partial charge on any atom is -0.462 e. The quantitative estimate of drug-likeness (QED) is 0.516. The van der Waals surface area contributed by atoms with Crippen molar-refractivity contribution in [1.82, 2.24) is 0 Å². The third-order valence-corrected chi connectivity index (χ3v) is 2.98. The molecule has 0 radical (unpaired) electrons. The standard InChI is InChI=1S/C16H15ClN2O2/c1-2-21-16(20)14-9-8-12(10-15(14)17)11-18-19-13-6-4-3-5-7-13/h3-11,19H,2H2,1H3. The summed E-state index contributed by atoms with van der Waals surface area (Å²) in [6.45, 7) is 2.07. The van der Waals surface area contributed by atoms with E-state index in [2.05, 4.69) is 10.5 Å². The molecule has 0 aliphatic carbocycles. The van der Waals surface area contributed by atoms with Crippen LogP contribution in [0.2, 0.25) is 5.02 Å². The summed E-state index contributed by atoms with van der Waals surface area (Å²) in [6.07, 6.45) is 1.63. The minimum absolute atomic E-state index is 0.319. The van der Waals surface area contributed by atoms with Crippen molar-refractivity contribution in [2.24, 2.45) is 5.10 Å². The predicted molar refractivity (Wildman–Crippen MR) is 85.1 cm³/mol. The van der Waals surface area contributed by atoms with Crippen molar-refractivity contribution in [2.45, 2.75) is 6.92 Å². The zero-order valence-electron chi connectivity index (χ0n) is 11.5. The second-order valence-corrected chi connectivity index (χ2v) is 4.60. The Morgan fingerprint density at radius 3 is 2.71 bits per heavy atom. The van der Waals surface area contributed by atoms with E-state index in [-0.39, 0.29) is 0 Å². The van der Waals surface area contributed by atoms with E-state index in [0.29, 0.717) is 17.2 Å². The van der Waals surface area contributed by atoms with Crippen LogP contribution < -0.4 is 5.43 Å². The van der Waals surface area contributed by atoms with Gasteiger partial charge in [0.1, 0.15) is 0 Å². The molecule has 1 N–H and O–H groups in total. The van der Waals surface area contributed by atoms with E-state index in [1.165, 1.54) is 0 Å². The van der Waals surface area contributed by atoms with Crippen LogP contribution in [-0.4, -0.2) is 18.8 Å². The van der Waals surface area contributed by atoms with Gasteiger partial charge in [-0.2, -0.15) is 5.10 Å². The molecule has 0 fully saturated rings. The molecule has 0 atom stereocenters. The van der Waals surface area contributed by atoms with Gasteiger partial charge in [-0.15, -0.1) is 0 Å². The molecule has 0 bridgehead atoms. The number of para-hydroxylation sites is 1. The molecule has 0 unspecified atom stereocenters. The van der Waals surface area contributed by atoms with Crippen molar-refractivity contribution in [3.63, 3.8) is 0 Å². The Morgan fingerprint density at radius 1 is 1.29 bits per heavy atom. The molecule has 108 valence electrons. The predicted octanol–water partition coefficient (Wildman–Crippen LogP) is 3.96. The highest BCUT2D eigenvalue weighted by atomic mass is 35.5. The number of hydrazone groups is 1. The van der Waals surface area contributed by atoms with Gasteiger partial charge in [0.2, 0.25) is 0 Å². The molecular weight excluding hydrogens is 288 g/mol. The molecule has 2 aromatic rings. The van der Waals surface area contributed by atoms with Crippen LogP contribution in [0.15, 0.2) is 53.6 Å². The van der Waals surface area contributed by atoms with E-state index in [9.17, 15) is 4.79 Å². The molecule has 0 aromatic heterocycles. The Kier molecular flexibility index (Phi) is 5.35. The van der Waals surface area contributed by atoms with Crippen molar-refractivity contribution in [3.05, 3.63) is 64.7 Å². The molecule has 0 heterocycles. The van der Waals surface area contributed by atoms with Crippen molar-refractivity contribution in [3.8, 4) is 0 Å². The molecule has 2 rings (SSSR count). The SMILES string of the molecule is CCOC(=O)c1ccc(C=NNc2ccccc2)cc1Cl. The van der Waals surface area contributed by atoms with E-state index >= 15 is 0 Å². The van der Waals surface area contributed by atoms with Crippen LogP contribution in [0.3, 0.4) is 0 Å². The fraction of sp³-hybridized carbons (Fsp3) is 0.125. The van der Waals surface area contributed by atoms with E-state index in [1.807, 2.05) is 30.3 Å². The zero-order chi connectivity index (χ0) is 15.1. The lowest BCUT2D eigenvalue weighted by molar-refractivity contribution is 0.0526. The lowest BCUT2D eigenvalue weighted by atomic mass is 10.1. The molecule has 0 aliphatic rings. The summed E-state index contributed by atoms with van der Waals surface area (Å²) in [4.78, 5) is 11.6. The second kappa shape index (κ2) is 7.45. The third kappa shape index (κ3) is 4.33. The number of halogens is 1. The van der Waals surface area contributed by atoms with Gasteiger partial charge in [0.15, 0.2) is 0 Å². The van der Waals surface area contributed by atoms with Crippen LogP contribution in [0, 0.1) is 0 Å². The molecule has 0 aliphatic heterocycles. The number of esters is 1. The topological polar surface area (TPSA) is 50.7 Å². The average molecular weight is 303 g/mol. The van der Waals surface area contributed by atoms with Gasteiger partial charge >= 0.3 is 5.97 Å². The number of benzene rings is 2. The Morgan fingerprint density at radius 2 is 2.05 bits per heavy atom. The number of ether oxygens (including phenoxy) is 1. The van der Waals surface area contributed by atoms with E-state index in [1.54, 1.807) is 31.3 Å². The Bertz CT molecular complexity index is 642. The van der Waals surface area contributed by atoms with Crippen LogP contribution in [0.5, 0.6) is 0 Å². The van der Waals surface area contributed by atoms with Crippen LogP contribution in [0.4, 0.5) is 5.69 Å². The lowest BCUT2D eigenvalue weighted by Gasteiger charge is -2.04. The maximum Gasteiger partial charge on any atom is 0.339 e. The Labute approximate surface area is 128 Å². The number of anilines is 1. The van der Waals surface area contributed by atoms with Gasteiger partial charge in [-0.3, -0.25) is 5.43 Å². The summed E-state index contributed by atoms with van der Waals surface area (Å²) in [5, 5.41) is 4.46. The summed E-state index contributed by atoms with van der Waals surface area (Å²) in [5.74, 6) is -0.423. The molecule has 0 spiro atoms. The molecule has 2 aromatic carbocycles. The lowest BCUT2D eigenvalue weighted by Crippen LogP contribution is -2.05. The maximum absolute atomic E-state index is 11.6. The number of hydrogen-bond acceptors (Lipinski definition) is 4. The molecular formula is C16H15ClN2O2. The van der Waals surface area contributed by atoms with Crippen LogP contribution in [0.25, 0.3) is 0 Å². The third-order valence-electron chi connectivity index (χ3n) is 2.67. The van der Waals surface area contributed by atoms with Crippen molar-refractivity contribution >= 4 is 29.5 Å². The fourth-order valence-corrected chi connectivity index (χ4v) is 1.95. The molecule has 21 heavy (non-hydrogen) atoms. The molecule has 5 heteroatoms. The van der Waals surface area contributed by atoms with Crippen LogP contribution in [-0.2, 0) is 4.74 Å². The van der Waals surface area contributed by atoms with Crippen molar-refractivity contribution < 1.29 is 9.53 Å². The second-order valence-electron chi connectivity index (χ2n) is 4.20. The average Bonchev–Trinajstić information content (AvgIpc) is 2.48. The van der Waals surface area contributed by atoms with Gasteiger partial charge in [-0.05, 0) is 36.8 Å². The van der Waals surface area contributed by atoms with Crippen LogP contribution >= 0.6 is 11.6 Å². The summed E-state index contributed by atoms with van der Waals surface area (Å²) < 4.78 is 4.92. The number of nitrogens with zero attached hydrogens (tertiary/aromatic N) is 1. The highest BCUT2D eigenvalue weighted by Crippen LogP contribution is 2.18. The summed E-state index contributed by atoms with van der Waals surface area (Å²) in [5.41, 5.74) is 4.94. The summed E-state index contributed by atoms with van der Waals surface area (Å²) >= 11 is 6.07. The molecule has 4 nitrogen and oxygen atoms in total. The molecule has 0 saturated heterocycles. The highest BCUT2D eigenvalue weighted by Gasteiger charge is 2.10. The van der Waals surface area contributed by atoms with Gasteiger partial charge in [-0.1, -0.05) is 35.9 Å². The first kappa shape index (κ1) is 15.1. The normalized spacial score (nSPS) is 10.6. The van der Waals surface area contributed by atoms with Gasteiger partial charge in [0.25, 0.3) is 0 Å². The first-order valence-corrected chi connectivity index (χ1v) is 6.89. The van der Waals surface area contributed by atoms with E-state index in [0.717, 1.165) is 11.3 Å². The number of rotatable bonds is 5. The first-order chi connectivity index (χ1) is 10.2. The fourth-order valence-electron chi connectivity index (χ4n) is 1.68. The van der Waals surface area contributed by atoms with Gasteiger partial charge in [0.05, 0.1) is 29.1 Å². The van der Waals surface area contributed by atoms with Crippen molar-refractivity contribution in [1.29, 1.82) is 0 Å². The monoisotopic (exact) mass is 302 g/mol. The molecule has 0 amide bonds. The molecule has 0 saturated carbocycles. The summed E-state index contributed by atoms with van der Waals surface area (Å²) in [7, 11) is 0. The number of hydrogen-bond donors (Lipinski definition) is 1. The van der Waals surface area contributed by atoms with E-state index in [4.69, 9.17) is 16.3 Å². The van der Waals surface area contributed by atoms with Crippen LogP contribution in [0.1, 0.15) is 22.8 Å². The number of nitrogens with one attached hydrogen (secondary N) is 1. The Balaban J connectivity index is 2.05. The van der Waals surface area contributed by atoms with Gasteiger partial charge < -0.3 is 4.74 Å². The largest absolute Gasteiger partial charge is 0.462 e. The maximum atomic E-state index is 11.6.